The van der Waals surface area contributed by atoms with Gasteiger partial charge in [-0.3, -0.25) is 0 Å². The number of hydrogen-bond donors (Lipinski definition) is 2. The van der Waals surface area contributed by atoms with E-state index in [1.807, 2.05) is 13.8 Å². The topological polar surface area (TPSA) is 94.4 Å². The summed E-state index contributed by atoms with van der Waals surface area (Å²) in [6.07, 6.45) is 0. The van der Waals surface area contributed by atoms with Crippen LogP contribution in [-0.4, -0.2) is 22.4 Å². The second-order valence-electron chi connectivity index (χ2n) is 4.38. The predicted octanol–water partition coefficient (Wildman–Crippen LogP) is 1.91. The minimum absolute atomic E-state index is 0.0667. The number of aromatic hydroxyl groups is 1. The van der Waals surface area contributed by atoms with Crippen molar-refractivity contribution >= 4 is 5.69 Å². The molecule has 0 saturated carbocycles. The Bertz CT molecular complexity index is 563. The first kappa shape index (κ1) is 12.4. The number of nitrogen functional groups attached to an aromatic ring is 1. The minimum atomic E-state index is -0.655. The Balaban J connectivity index is 2.45. The number of para-hydroxylation sites is 1. The van der Waals surface area contributed by atoms with Gasteiger partial charge in [0.15, 0.2) is 5.75 Å². The summed E-state index contributed by atoms with van der Waals surface area (Å²) >= 11 is 0. The third kappa shape index (κ3) is 2.02. The number of phenolic OH excluding ortho intramolecular Hbond substituents is 1. The fraction of sp³-hybridized carbons (Fsp3) is 0.333. The smallest absolute Gasteiger partial charge is 0.261 e. The third-order valence-corrected chi connectivity index (χ3v) is 2.77. The van der Waals surface area contributed by atoms with E-state index in [0.29, 0.717) is 11.4 Å². The van der Waals surface area contributed by atoms with Crippen molar-refractivity contribution in [2.24, 2.45) is 0 Å². The Morgan fingerprint density at radius 3 is 2.78 bits per heavy atom. The van der Waals surface area contributed by atoms with E-state index in [1.54, 1.807) is 25.3 Å². The molecule has 96 valence electrons. The molecule has 0 fully saturated rings. The van der Waals surface area contributed by atoms with Gasteiger partial charge < -0.3 is 20.1 Å². The molecular weight excluding hydrogens is 234 g/mol. The molecule has 6 heteroatoms. The highest BCUT2D eigenvalue weighted by Crippen LogP contribution is 2.33. The van der Waals surface area contributed by atoms with Gasteiger partial charge in [-0.2, -0.15) is 4.98 Å². The van der Waals surface area contributed by atoms with Crippen LogP contribution in [0.25, 0.3) is 11.5 Å². The highest BCUT2D eigenvalue weighted by atomic mass is 16.5. The van der Waals surface area contributed by atoms with Gasteiger partial charge in [0.2, 0.25) is 5.82 Å². The fourth-order valence-electron chi connectivity index (χ4n) is 1.40. The molecule has 0 radical (unpaired) electrons. The third-order valence-electron chi connectivity index (χ3n) is 2.77. The number of hydrogen-bond acceptors (Lipinski definition) is 6. The van der Waals surface area contributed by atoms with Crippen LogP contribution in [0.5, 0.6) is 5.75 Å². The van der Waals surface area contributed by atoms with Crippen LogP contribution in [0.1, 0.15) is 19.7 Å². The first-order chi connectivity index (χ1) is 8.45. The van der Waals surface area contributed by atoms with Gasteiger partial charge in [0.05, 0.1) is 11.3 Å². The highest BCUT2D eigenvalue weighted by molar-refractivity contribution is 5.71. The molecule has 1 aromatic heterocycles. The predicted molar refractivity (Wildman–Crippen MR) is 65.8 cm³/mol. The lowest BCUT2D eigenvalue weighted by atomic mass is 10.1. The molecule has 0 saturated heterocycles. The highest BCUT2D eigenvalue weighted by Gasteiger charge is 2.27. The second kappa shape index (κ2) is 4.30. The standard InChI is InChI=1S/C12H15N3O3/c1-12(2,17-3)11-14-10(18-15-11)7-5-4-6-8(13)9(7)16/h4-6,16H,13H2,1-3H3. The maximum absolute atomic E-state index is 9.84. The summed E-state index contributed by atoms with van der Waals surface area (Å²) < 4.78 is 10.4. The van der Waals surface area contributed by atoms with Crippen molar-refractivity contribution in [1.29, 1.82) is 0 Å². The number of anilines is 1. The molecule has 2 rings (SSSR count). The molecular formula is C12H15N3O3. The van der Waals surface area contributed by atoms with Gasteiger partial charge in [0, 0.05) is 7.11 Å². The number of benzene rings is 1. The lowest BCUT2D eigenvalue weighted by molar-refractivity contribution is 0.00973. The van der Waals surface area contributed by atoms with Crippen molar-refractivity contribution in [3.63, 3.8) is 0 Å². The molecule has 0 aliphatic carbocycles. The van der Waals surface area contributed by atoms with E-state index in [0.717, 1.165) is 0 Å². The molecule has 1 aromatic carbocycles. The zero-order valence-electron chi connectivity index (χ0n) is 10.5. The number of nitrogens with zero attached hydrogens (tertiary/aromatic N) is 2. The average molecular weight is 249 g/mol. The summed E-state index contributed by atoms with van der Waals surface area (Å²) in [5.41, 5.74) is 5.62. The van der Waals surface area contributed by atoms with Gasteiger partial charge >= 0.3 is 0 Å². The molecule has 0 aliphatic heterocycles. The SMILES string of the molecule is COC(C)(C)c1noc(-c2cccc(N)c2O)n1. The number of rotatable bonds is 3. The van der Waals surface area contributed by atoms with Gasteiger partial charge in [0.1, 0.15) is 5.60 Å². The first-order valence-corrected chi connectivity index (χ1v) is 5.43. The number of ether oxygens (including phenoxy) is 1. The number of methoxy groups -OCH3 is 1. The Hall–Kier alpha value is -2.08. The Morgan fingerprint density at radius 2 is 2.11 bits per heavy atom. The van der Waals surface area contributed by atoms with Crippen LogP contribution >= 0.6 is 0 Å². The van der Waals surface area contributed by atoms with Gasteiger partial charge in [-0.15, -0.1) is 0 Å². The summed E-state index contributed by atoms with van der Waals surface area (Å²) in [4.78, 5) is 4.21. The van der Waals surface area contributed by atoms with Crippen molar-refractivity contribution < 1.29 is 14.4 Å². The van der Waals surface area contributed by atoms with Crippen molar-refractivity contribution in [1.82, 2.24) is 10.1 Å². The number of aromatic nitrogens is 2. The van der Waals surface area contributed by atoms with Gasteiger partial charge in [0.25, 0.3) is 5.89 Å². The van der Waals surface area contributed by atoms with E-state index in [9.17, 15) is 5.11 Å². The zero-order chi connectivity index (χ0) is 13.3. The molecule has 2 aromatic rings. The maximum Gasteiger partial charge on any atom is 0.261 e. The van der Waals surface area contributed by atoms with Gasteiger partial charge in [-0.1, -0.05) is 11.2 Å². The molecule has 0 spiro atoms. The van der Waals surface area contributed by atoms with E-state index < -0.39 is 5.60 Å². The Kier molecular flexibility index (Phi) is 2.96. The van der Waals surface area contributed by atoms with Crippen molar-refractivity contribution in [2.75, 3.05) is 12.8 Å². The summed E-state index contributed by atoms with van der Waals surface area (Å²) in [5, 5.41) is 13.7. The maximum atomic E-state index is 9.84. The summed E-state index contributed by atoms with van der Waals surface area (Å²) in [6.45, 7) is 3.64. The number of phenols is 1. The van der Waals surface area contributed by atoms with Gasteiger partial charge in [-0.05, 0) is 26.0 Å². The van der Waals surface area contributed by atoms with E-state index >= 15 is 0 Å². The van der Waals surface area contributed by atoms with E-state index in [-0.39, 0.29) is 17.3 Å². The molecule has 1 heterocycles. The lowest BCUT2D eigenvalue weighted by Gasteiger charge is -2.17. The van der Waals surface area contributed by atoms with Crippen LogP contribution in [0, 0.1) is 0 Å². The molecule has 0 bridgehead atoms. The summed E-state index contributed by atoms with van der Waals surface area (Å²) in [5.74, 6) is 0.546. The molecule has 3 N–H and O–H groups in total. The van der Waals surface area contributed by atoms with Crippen molar-refractivity contribution in [2.45, 2.75) is 19.4 Å². The van der Waals surface area contributed by atoms with Crippen LogP contribution in [0.3, 0.4) is 0 Å². The lowest BCUT2D eigenvalue weighted by Crippen LogP contribution is -2.21. The molecule has 0 unspecified atom stereocenters. The molecule has 0 amide bonds. The van der Waals surface area contributed by atoms with Crippen molar-refractivity contribution in [3.05, 3.63) is 24.0 Å². The summed E-state index contributed by atoms with van der Waals surface area (Å²) in [6, 6.07) is 4.95. The fourth-order valence-corrected chi connectivity index (χ4v) is 1.40. The van der Waals surface area contributed by atoms with Crippen LogP contribution in [-0.2, 0) is 10.3 Å². The largest absolute Gasteiger partial charge is 0.505 e. The van der Waals surface area contributed by atoms with E-state index in [1.165, 1.54) is 0 Å². The zero-order valence-corrected chi connectivity index (χ0v) is 10.5. The number of nitrogens with two attached hydrogens (primary N) is 1. The monoisotopic (exact) mass is 249 g/mol. The minimum Gasteiger partial charge on any atom is -0.505 e. The van der Waals surface area contributed by atoms with Crippen LogP contribution in [0.4, 0.5) is 5.69 Å². The van der Waals surface area contributed by atoms with Crippen LogP contribution in [0.2, 0.25) is 0 Å². The molecule has 18 heavy (non-hydrogen) atoms. The normalized spacial score (nSPS) is 11.7. The average Bonchev–Trinajstić information content (AvgIpc) is 2.82. The Labute approximate surface area is 104 Å². The first-order valence-electron chi connectivity index (χ1n) is 5.43. The van der Waals surface area contributed by atoms with Crippen LogP contribution in [0.15, 0.2) is 22.7 Å². The quantitative estimate of drug-likeness (QED) is 0.637. The molecule has 0 aliphatic rings. The van der Waals surface area contributed by atoms with E-state index in [4.69, 9.17) is 15.0 Å². The Morgan fingerprint density at radius 1 is 1.39 bits per heavy atom. The van der Waals surface area contributed by atoms with E-state index in [2.05, 4.69) is 10.1 Å². The summed E-state index contributed by atoms with van der Waals surface area (Å²) in [7, 11) is 1.56. The van der Waals surface area contributed by atoms with Crippen LogP contribution < -0.4 is 5.73 Å². The second-order valence-corrected chi connectivity index (χ2v) is 4.38. The molecule has 6 nitrogen and oxygen atoms in total. The molecule has 0 atom stereocenters. The van der Waals surface area contributed by atoms with Gasteiger partial charge in [-0.25, -0.2) is 0 Å². The van der Waals surface area contributed by atoms with Crippen molar-refractivity contribution in [3.8, 4) is 17.2 Å².